The Bertz CT molecular complexity index is 1900. The number of hydrogen-bond donors (Lipinski definition) is 0. The highest BCUT2D eigenvalue weighted by molar-refractivity contribution is 6.15. The van der Waals surface area contributed by atoms with E-state index in [1.54, 1.807) is 54.6 Å². The molecule has 0 aliphatic carbocycles. The lowest BCUT2D eigenvalue weighted by Gasteiger charge is -2.18. The van der Waals surface area contributed by atoms with Crippen molar-refractivity contribution in [3.63, 3.8) is 0 Å². The highest BCUT2D eigenvalue weighted by Gasteiger charge is 2.22. The first kappa shape index (κ1) is 34.6. The minimum Gasteiger partial charge on any atom is -0.493 e. The third-order valence-corrected chi connectivity index (χ3v) is 8.04. The molecule has 0 saturated heterocycles. The average Bonchev–Trinajstić information content (AvgIpc) is 3.14. The number of esters is 1. The summed E-state index contributed by atoms with van der Waals surface area (Å²) >= 11 is 0. The van der Waals surface area contributed by atoms with Gasteiger partial charge in [-0.1, -0.05) is 85.8 Å². The van der Waals surface area contributed by atoms with Gasteiger partial charge >= 0.3 is 5.97 Å². The van der Waals surface area contributed by atoms with Gasteiger partial charge in [0.1, 0.15) is 29.7 Å². The van der Waals surface area contributed by atoms with E-state index < -0.39 is 5.97 Å². The van der Waals surface area contributed by atoms with Crippen LogP contribution in [0.2, 0.25) is 0 Å². The Labute approximate surface area is 286 Å². The first-order valence-corrected chi connectivity index (χ1v) is 16.2. The molecule has 0 saturated carbocycles. The Kier molecular flexibility index (Phi) is 12.0. The third kappa shape index (κ3) is 8.62. The van der Waals surface area contributed by atoms with Gasteiger partial charge in [-0.25, -0.2) is 9.18 Å². The number of ketones is 1. The molecule has 0 amide bonds. The maximum atomic E-state index is 13.7. The molecule has 0 aromatic heterocycles. The number of methoxy groups -OCH3 is 1. The fourth-order valence-electron chi connectivity index (χ4n) is 5.53. The number of rotatable bonds is 16. The van der Waals surface area contributed by atoms with Crippen molar-refractivity contribution in [1.82, 2.24) is 0 Å². The predicted octanol–water partition coefficient (Wildman–Crippen LogP) is 9.23. The van der Waals surface area contributed by atoms with Gasteiger partial charge in [0.25, 0.3) is 0 Å². The van der Waals surface area contributed by atoms with Crippen molar-refractivity contribution < 1.29 is 32.9 Å². The molecule has 0 heterocycles. The van der Waals surface area contributed by atoms with Crippen molar-refractivity contribution in [2.24, 2.45) is 0 Å². The van der Waals surface area contributed by atoms with Crippen LogP contribution < -0.4 is 14.2 Å². The fraction of sp³-hybridized carbons (Fsp3) is 0.190. The van der Waals surface area contributed by atoms with Crippen LogP contribution in [0.5, 0.6) is 17.2 Å². The number of carbonyl (C=O) groups is 2. The molecule has 0 unspecified atom stereocenters. The van der Waals surface area contributed by atoms with Crippen LogP contribution in [-0.4, -0.2) is 32.1 Å². The molecule has 0 spiro atoms. The van der Waals surface area contributed by atoms with E-state index in [9.17, 15) is 14.0 Å². The lowest BCUT2D eigenvalue weighted by Crippen LogP contribution is -2.14. The molecule has 5 aromatic rings. The molecule has 0 aliphatic rings. The molecule has 5 rings (SSSR count). The predicted molar refractivity (Wildman–Crippen MR) is 189 cm³/mol. The van der Waals surface area contributed by atoms with Gasteiger partial charge in [0, 0.05) is 34.7 Å². The van der Waals surface area contributed by atoms with Crippen molar-refractivity contribution in [2.75, 3.05) is 20.3 Å². The van der Waals surface area contributed by atoms with Gasteiger partial charge in [-0.15, -0.1) is 6.58 Å². The smallest absolute Gasteiger partial charge is 0.338 e. The van der Waals surface area contributed by atoms with Gasteiger partial charge in [0.05, 0.1) is 25.9 Å². The second kappa shape index (κ2) is 16.9. The third-order valence-electron chi connectivity index (χ3n) is 8.04. The number of halogens is 1. The SMILES string of the molecule is C=CCc1c(OCCCOc2cc(OCc3ccccc3)c(-c3ccc(F)cc3)cc2CC)cccc1C(=O)c1ccccc1C(=O)OC. The fourth-order valence-corrected chi connectivity index (χ4v) is 5.53. The molecular formula is C42H39FO6. The average molecular weight is 659 g/mol. The molecular weight excluding hydrogens is 619 g/mol. The molecule has 0 N–H and O–H groups in total. The highest BCUT2D eigenvalue weighted by Crippen LogP contribution is 2.37. The topological polar surface area (TPSA) is 71.1 Å². The Morgan fingerprint density at radius 2 is 1.41 bits per heavy atom. The molecule has 0 fully saturated rings. The second-order valence-electron chi connectivity index (χ2n) is 11.3. The van der Waals surface area contributed by atoms with Gasteiger partial charge in [0.2, 0.25) is 0 Å². The molecule has 0 radical (unpaired) electrons. The van der Waals surface area contributed by atoms with Gasteiger partial charge in [-0.3, -0.25) is 4.79 Å². The van der Waals surface area contributed by atoms with Crippen LogP contribution in [0.25, 0.3) is 11.1 Å². The zero-order chi connectivity index (χ0) is 34.6. The minimum absolute atomic E-state index is 0.203. The number of allylic oxidation sites excluding steroid dienone is 1. The van der Waals surface area contributed by atoms with E-state index in [-0.39, 0.29) is 22.7 Å². The summed E-state index contributed by atoms with van der Waals surface area (Å²) in [6.45, 7) is 7.02. The standard InChI is InChI=1S/C42H39FO6/c1-4-13-33-34(41(44)35-16-9-10-17-36(35)42(45)46-3)18-11-19-38(33)47-24-12-25-48-39-27-40(49-28-29-14-7-6-8-15-29)37(26-30(39)5-2)31-20-22-32(43)23-21-31/h4,6-11,14-23,26-27H,1,5,12-13,24-25,28H2,2-3H3. The van der Waals surface area contributed by atoms with E-state index in [4.69, 9.17) is 18.9 Å². The monoisotopic (exact) mass is 658 g/mol. The summed E-state index contributed by atoms with van der Waals surface area (Å²) in [4.78, 5) is 26.0. The zero-order valence-corrected chi connectivity index (χ0v) is 27.7. The molecule has 0 atom stereocenters. The number of hydrogen-bond acceptors (Lipinski definition) is 6. The summed E-state index contributed by atoms with van der Waals surface area (Å²) in [6.07, 6.45) is 3.41. The van der Waals surface area contributed by atoms with E-state index >= 15 is 0 Å². The number of ether oxygens (including phenoxy) is 4. The van der Waals surface area contributed by atoms with E-state index in [0.717, 1.165) is 28.7 Å². The van der Waals surface area contributed by atoms with E-state index in [2.05, 4.69) is 13.5 Å². The summed E-state index contributed by atoms with van der Waals surface area (Å²) in [5, 5.41) is 0. The van der Waals surface area contributed by atoms with Crippen LogP contribution in [0.3, 0.4) is 0 Å². The number of benzene rings is 5. The molecule has 5 aromatic carbocycles. The molecule has 0 bridgehead atoms. The summed E-state index contributed by atoms with van der Waals surface area (Å²) < 4.78 is 37.4. The Hall–Kier alpha value is -5.69. The van der Waals surface area contributed by atoms with E-state index in [0.29, 0.717) is 61.0 Å². The summed E-state index contributed by atoms with van der Waals surface area (Å²) in [7, 11) is 1.29. The molecule has 49 heavy (non-hydrogen) atoms. The van der Waals surface area contributed by atoms with Crippen molar-refractivity contribution in [2.45, 2.75) is 32.8 Å². The minimum atomic E-state index is -0.576. The first-order chi connectivity index (χ1) is 23.9. The van der Waals surface area contributed by atoms with Crippen LogP contribution in [0.4, 0.5) is 4.39 Å². The van der Waals surface area contributed by atoms with Crippen molar-refractivity contribution in [3.05, 3.63) is 161 Å². The van der Waals surface area contributed by atoms with Gasteiger partial charge in [-0.2, -0.15) is 0 Å². The summed E-state index contributed by atoms with van der Waals surface area (Å²) in [5.41, 5.74) is 5.32. The van der Waals surface area contributed by atoms with E-state index in [1.165, 1.54) is 19.2 Å². The van der Waals surface area contributed by atoms with Gasteiger partial charge in [-0.05, 0) is 59.9 Å². The normalized spacial score (nSPS) is 10.7. The number of aryl methyl sites for hydroxylation is 1. The maximum absolute atomic E-state index is 13.7. The summed E-state index contributed by atoms with van der Waals surface area (Å²) in [6, 6.07) is 32.1. The maximum Gasteiger partial charge on any atom is 0.338 e. The lowest BCUT2D eigenvalue weighted by atomic mass is 9.93. The van der Waals surface area contributed by atoms with Crippen LogP contribution in [0.15, 0.2) is 122 Å². The summed E-state index contributed by atoms with van der Waals surface area (Å²) in [5.74, 6) is 0.743. The van der Waals surface area contributed by atoms with Gasteiger partial charge < -0.3 is 18.9 Å². The molecule has 0 aliphatic heterocycles. The van der Waals surface area contributed by atoms with Crippen LogP contribution in [0, 0.1) is 5.82 Å². The lowest BCUT2D eigenvalue weighted by molar-refractivity contribution is 0.0597. The molecule has 7 heteroatoms. The largest absolute Gasteiger partial charge is 0.493 e. The Morgan fingerprint density at radius 1 is 0.735 bits per heavy atom. The van der Waals surface area contributed by atoms with Gasteiger partial charge in [0.15, 0.2) is 5.78 Å². The van der Waals surface area contributed by atoms with Crippen LogP contribution >= 0.6 is 0 Å². The Balaban J connectivity index is 1.30. The Morgan fingerprint density at radius 3 is 2.10 bits per heavy atom. The number of carbonyl (C=O) groups excluding carboxylic acids is 2. The van der Waals surface area contributed by atoms with Crippen LogP contribution in [-0.2, 0) is 24.2 Å². The van der Waals surface area contributed by atoms with Crippen molar-refractivity contribution in [3.8, 4) is 28.4 Å². The van der Waals surface area contributed by atoms with E-state index in [1.807, 2.05) is 48.5 Å². The molecule has 6 nitrogen and oxygen atoms in total. The van der Waals surface area contributed by atoms with Crippen molar-refractivity contribution >= 4 is 11.8 Å². The highest BCUT2D eigenvalue weighted by atomic mass is 19.1. The second-order valence-corrected chi connectivity index (χ2v) is 11.3. The quantitative estimate of drug-likeness (QED) is 0.0456. The first-order valence-electron chi connectivity index (χ1n) is 16.2. The van der Waals surface area contributed by atoms with Crippen LogP contribution in [0.1, 0.15) is 56.3 Å². The molecule has 250 valence electrons. The zero-order valence-electron chi connectivity index (χ0n) is 27.7. The van der Waals surface area contributed by atoms with Crippen molar-refractivity contribution in [1.29, 1.82) is 0 Å².